The van der Waals surface area contributed by atoms with Gasteiger partial charge in [-0.05, 0) is 25.0 Å². The molecule has 6 nitrogen and oxygen atoms in total. The van der Waals surface area contributed by atoms with Crippen molar-refractivity contribution in [3.05, 3.63) is 24.3 Å². The first kappa shape index (κ1) is 18.4. The lowest BCUT2D eigenvalue weighted by molar-refractivity contribution is -0.196. The van der Waals surface area contributed by atoms with Crippen molar-refractivity contribution in [2.24, 2.45) is 0 Å². The summed E-state index contributed by atoms with van der Waals surface area (Å²) in [6.07, 6.45) is 7.60. The molecule has 0 N–H and O–H groups in total. The maximum absolute atomic E-state index is 11.1. The summed E-state index contributed by atoms with van der Waals surface area (Å²) in [4.78, 5) is 22.0. The van der Waals surface area contributed by atoms with Gasteiger partial charge in [-0.3, -0.25) is 9.59 Å². The summed E-state index contributed by atoms with van der Waals surface area (Å²) in [7, 11) is 0. The maximum atomic E-state index is 11.1. The number of hydrogen-bond donors (Lipinski definition) is 0. The van der Waals surface area contributed by atoms with E-state index in [9.17, 15) is 9.59 Å². The fourth-order valence-electron chi connectivity index (χ4n) is 1.89. The van der Waals surface area contributed by atoms with E-state index in [1.807, 2.05) is 6.08 Å². The quantitative estimate of drug-likeness (QED) is 0.388. The molecular weight excluding hydrogens is 288 g/mol. The fraction of sp³-hybridized carbons (Fsp3) is 0.625. The molecular formula is C16H24O6. The molecule has 0 saturated heterocycles. The molecule has 0 bridgehead atoms. The lowest BCUT2D eigenvalue weighted by Crippen LogP contribution is -2.42. The van der Waals surface area contributed by atoms with Gasteiger partial charge in [0.1, 0.15) is 18.8 Å². The van der Waals surface area contributed by atoms with Crippen LogP contribution in [-0.2, 0) is 28.5 Å². The molecule has 0 aromatic carbocycles. The molecule has 0 aliphatic carbocycles. The second-order valence-corrected chi connectivity index (χ2v) is 4.84. The van der Waals surface area contributed by atoms with Crippen LogP contribution >= 0.6 is 0 Å². The number of hydrogen-bond acceptors (Lipinski definition) is 6. The Kier molecular flexibility index (Phi) is 8.47. The van der Waals surface area contributed by atoms with Crippen molar-refractivity contribution in [2.75, 3.05) is 13.2 Å². The molecule has 0 amide bonds. The fourth-order valence-corrected chi connectivity index (χ4v) is 1.89. The minimum Gasteiger partial charge on any atom is -0.463 e. The molecule has 1 rings (SSSR count). The highest BCUT2D eigenvalue weighted by Gasteiger charge is 2.30. The van der Waals surface area contributed by atoms with Crippen LogP contribution in [0, 0.1) is 0 Å². The van der Waals surface area contributed by atoms with Crippen molar-refractivity contribution in [3.8, 4) is 0 Å². The molecule has 124 valence electrons. The zero-order valence-electron chi connectivity index (χ0n) is 13.3. The third-order valence-electron chi connectivity index (χ3n) is 2.86. The van der Waals surface area contributed by atoms with Crippen LogP contribution < -0.4 is 0 Å². The minimum atomic E-state index is -0.586. The van der Waals surface area contributed by atoms with Gasteiger partial charge in [-0.15, -0.1) is 0 Å². The van der Waals surface area contributed by atoms with E-state index in [-0.39, 0.29) is 6.61 Å². The second-order valence-electron chi connectivity index (χ2n) is 4.84. The van der Waals surface area contributed by atoms with Crippen molar-refractivity contribution < 1.29 is 28.5 Å². The molecule has 1 aliphatic heterocycles. The van der Waals surface area contributed by atoms with E-state index in [1.165, 1.54) is 13.8 Å². The van der Waals surface area contributed by atoms with Gasteiger partial charge in [0, 0.05) is 13.8 Å². The van der Waals surface area contributed by atoms with Crippen LogP contribution in [0.4, 0.5) is 0 Å². The average Bonchev–Trinajstić information content (AvgIpc) is 2.46. The summed E-state index contributed by atoms with van der Waals surface area (Å²) in [5.41, 5.74) is 0. The van der Waals surface area contributed by atoms with Gasteiger partial charge < -0.3 is 18.9 Å². The summed E-state index contributed by atoms with van der Waals surface area (Å²) in [5.74, 6) is -0.836. The summed E-state index contributed by atoms with van der Waals surface area (Å²) in [6, 6.07) is 0. The van der Waals surface area contributed by atoms with Crippen LogP contribution in [0.1, 0.15) is 33.6 Å². The Morgan fingerprint density at radius 3 is 2.59 bits per heavy atom. The minimum absolute atomic E-state index is 0.00716. The SMILES string of the molecule is CC/C=C\CCO[C@@H]1C=C[C@H](OC(C)=O)[C@@H](COC(C)=O)O1. The van der Waals surface area contributed by atoms with Gasteiger partial charge in [0.2, 0.25) is 0 Å². The smallest absolute Gasteiger partial charge is 0.303 e. The van der Waals surface area contributed by atoms with Gasteiger partial charge in [-0.2, -0.15) is 0 Å². The van der Waals surface area contributed by atoms with Crippen molar-refractivity contribution in [2.45, 2.75) is 52.1 Å². The van der Waals surface area contributed by atoms with E-state index in [0.29, 0.717) is 6.61 Å². The topological polar surface area (TPSA) is 71.1 Å². The largest absolute Gasteiger partial charge is 0.463 e. The van der Waals surface area contributed by atoms with Gasteiger partial charge in [0.25, 0.3) is 0 Å². The summed E-state index contributed by atoms with van der Waals surface area (Å²) in [6.45, 7) is 5.23. The highest BCUT2D eigenvalue weighted by molar-refractivity contribution is 5.66. The number of rotatable bonds is 8. The number of carbonyl (C=O) groups is 2. The molecule has 1 heterocycles. The molecule has 0 fully saturated rings. The van der Waals surface area contributed by atoms with Crippen LogP contribution in [-0.4, -0.2) is 43.7 Å². The summed E-state index contributed by atoms with van der Waals surface area (Å²) in [5, 5.41) is 0. The molecule has 0 spiro atoms. The number of esters is 2. The third-order valence-corrected chi connectivity index (χ3v) is 2.86. The van der Waals surface area contributed by atoms with Crippen molar-refractivity contribution in [1.82, 2.24) is 0 Å². The third kappa shape index (κ3) is 7.38. The highest BCUT2D eigenvalue weighted by Crippen LogP contribution is 2.18. The first-order valence-corrected chi connectivity index (χ1v) is 7.44. The zero-order valence-corrected chi connectivity index (χ0v) is 13.3. The predicted octanol–water partition coefficient (Wildman–Crippen LogP) is 2.14. The Morgan fingerprint density at radius 1 is 1.18 bits per heavy atom. The molecule has 22 heavy (non-hydrogen) atoms. The normalized spacial score (nSPS) is 24.4. The number of ether oxygens (including phenoxy) is 4. The Labute approximate surface area is 131 Å². The Bertz CT molecular complexity index is 415. The molecule has 0 saturated carbocycles. The van der Waals surface area contributed by atoms with Crippen molar-refractivity contribution >= 4 is 11.9 Å². The lowest BCUT2D eigenvalue weighted by atomic mass is 10.1. The van der Waals surface area contributed by atoms with E-state index in [0.717, 1.165) is 12.8 Å². The molecule has 3 atom stereocenters. The van der Waals surface area contributed by atoms with Crippen molar-refractivity contribution in [3.63, 3.8) is 0 Å². The maximum Gasteiger partial charge on any atom is 0.303 e. The first-order chi connectivity index (χ1) is 10.5. The molecule has 0 aromatic rings. The van der Waals surface area contributed by atoms with E-state index in [1.54, 1.807) is 12.2 Å². The van der Waals surface area contributed by atoms with Gasteiger partial charge in [-0.25, -0.2) is 0 Å². The Hall–Kier alpha value is -1.66. The lowest BCUT2D eigenvalue weighted by Gasteiger charge is -2.31. The van der Waals surface area contributed by atoms with E-state index in [4.69, 9.17) is 18.9 Å². The predicted molar refractivity (Wildman–Crippen MR) is 80.0 cm³/mol. The monoisotopic (exact) mass is 312 g/mol. The zero-order chi connectivity index (χ0) is 16.4. The molecule has 6 heteroatoms. The molecule has 0 aromatic heterocycles. The van der Waals surface area contributed by atoms with Crippen LogP contribution in [0.5, 0.6) is 0 Å². The highest BCUT2D eigenvalue weighted by atomic mass is 16.7. The van der Waals surface area contributed by atoms with Crippen LogP contribution in [0.25, 0.3) is 0 Å². The Morgan fingerprint density at radius 2 is 1.95 bits per heavy atom. The number of carbonyl (C=O) groups excluding carboxylic acids is 2. The van der Waals surface area contributed by atoms with E-state index in [2.05, 4.69) is 13.0 Å². The van der Waals surface area contributed by atoms with Gasteiger partial charge in [0.05, 0.1) is 6.61 Å². The van der Waals surface area contributed by atoms with Gasteiger partial charge in [-0.1, -0.05) is 19.1 Å². The average molecular weight is 312 g/mol. The number of allylic oxidation sites excluding steroid dienone is 1. The van der Waals surface area contributed by atoms with Crippen molar-refractivity contribution in [1.29, 1.82) is 0 Å². The van der Waals surface area contributed by atoms with Crippen LogP contribution in [0.3, 0.4) is 0 Å². The summed E-state index contributed by atoms with van der Waals surface area (Å²) < 4.78 is 21.3. The molecule has 1 aliphatic rings. The van der Waals surface area contributed by atoms with Gasteiger partial charge >= 0.3 is 11.9 Å². The standard InChI is InChI=1S/C16H24O6/c1-4-5-6-7-10-19-16-9-8-14(21-13(3)18)15(22-16)11-20-12(2)17/h5-6,8-9,14-16H,4,7,10-11H2,1-3H3/b6-5-/t14-,15+,16-/m0/s1. The first-order valence-electron chi connectivity index (χ1n) is 7.44. The van der Waals surface area contributed by atoms with Crippen LogP contribution in [0.2, 0.25) is 0 Å². The second kappa shape index (κ2) is 10.1. The summed E-state index contributed by atoms with van der Waals surface area (Å²) >= 11 is 0. The van der Waals surface area contributed by atoms with E-state index >= 15 is 0 Å². The molecule has 0 unspecified atom stereocenters. The molecule has 0 radical (unpaired) electrons. The van der Waals surface area contributed by atoms with Crippen LogP contribution in [0.15, 0.2) is 24.3 Å². The van der Waals surface area contributed by atoms with Gasteiger partial charge in [0.15, 0.2) is 6.29 Å². The Balaban J connectivity index is 2.51. The van der Waals surface area contributed by atoms with E-state index < -0.39 is 30.4 Å².